The van der Waals surface area contributed by atoms with Gasteiger partial charge in [-0.05, 0) is 49.9 Å². The number of aliphatic hydroxyl groups excluding tert-OH is 1. The minimum absolute atomic E-state index is 0.0347. The second-order valence-corrected chi connectivity index (χ2v) is 4.70. The Balaban J connectivity index is 1.66. The summed E-state index contributed by atoms with van der Waals surface area (Å²) in [4.78, 5) is 0. The first-order valence-electron chi connectivity index (χ1n) is 5.62. The highest BCUT2D eigenvalue weighted by Crippen LogP contribution is 2.56. The Kier molecular flexibility index (Phi) is 2.73. The van der Waals surface area contributed by atoms with Crippen LogP contribution in [0.2, 0.25) is 0 Å². The molecule has 2 aliphatic carbocycles. The maximum Gasteiger partial charge on any atom is 0.0573 e. The summed E-state index contributed by atoms with van der Waals surface area (Å²) >= 11 is 0. The maximum atomic E-state index is 9.73. The van der Waals surface area contributed by atoms with Gasteiger partial charge in [-0.2, -0.15) is 0 Å². The summed E-state index contributed by atoms with van der Waals surface area (Å²) in [6.07, 6.45) is 9.44. The number of rotatable bonds is 5. The minimum Gasteiger partial charge on any atom is -0.393 e. The van der Waals surface area contributed by atoms with Gasteiger partial charge >= 0.3 is 0 Å². The quantitative estimate of drug-likeness (QED) is 0.509. The Morgan fingerprint density at radius 1 is 1.31 bits per heavy atom. The number of hydrogen-bond donors (Lipinski definition) is 1. The molecular weight excluding hydrogens is 160 g/mol. The van der Waals surface area contributed by atoms with E-state index in [0.29, 0.717) is 5.92 Å². The van der Waals surface area contributed by atoms with Gasteiger partial charge in [0.05, 0.1) is 6.10 Å². The average molecular weight is 180 g/mol. The molecule has 1 nitrogen and oxygen atoms in total. The third kappa shape index (κ3) is 1.96. The Bertz CT molecular complexity index is 186. The first-order chi connectivity index (χ1) is 6.33. The summed E-state index contributed by atoms with van der Waals surface area (Å²) in [7, 11) is 0. The Hall–Kier alpha value is -0.300. The fourth-order valence-electron chi connectivity index (χ4n) is 2.91. The molecule has 0 aromatic heterocycles. The van der Waals surface area contributed by atoms with Crippen LogP contribution in [0.25, 0.3) is 0 Å². The van der Waals surface area contributed by atoms with Crippen LogP contribution in [-0.2, 0) is 0 Å². The van der Waals surface area contributed by atoms with Gasteiger partial charge in [0, 0.05) is 0 Å². The van der Waals surface area contributed by atoms with Crippen molar-refractivity contribution >= 4 is 0 Å². The van der Waals surface area contributed by atoms with Crippen molar-refractivity contribution in [2.24, 2.45) is 17.8 Å². The van der Waals surface area contributed by atoms with E-state index in [1.807, 2.05) is 6.08 Å². The predicted octanol–water partition coefficient (Wildman–Crippen LogP) is 2.75. The fraction of sp³-hybridized carbons (Fsp3) is 0.833. The zero-order chi connectivity index (χ0) is 9.26. The molecule has 1 heteroatoms. The SMILES string of the molecule is C=CCCCC[C@@H]1C2C[C@H]2C[C@@H]1O. The van der Waals surface area contributed by atoms with Crippen molar-refractivity contribution < 1.29 is 5.11 Å². The van der Waals surface area contributed by atoms with Gasteiger partial charge < -0.3 is 5.11 Å². The molecule has 13 heavy (non-hydrogen) atoms. The van der Waals surface area contributed by atoms with Crippen LogP contribution < -0.4 is 0 Å². The molecule has 0 spiro atoms. The molecule has 0 radical (unpaired) electrons. The molecule has 0 aromatic carbocycles. The summed E-state index contributed by atoms with van der Waals surface area (Å²) in [5, 5.41) is 9.73. The van der Waals surface area contributed by atoms with Gasteiger partial charge in [-0.15, -0.1) is 6.58 Å². The number of fused-ring (bicyclic) bond motifs is 1. The van der Waals surface area contributed by atoms with E-state index < -0.39 is 0 Å². The van der Waals surface area contributed by atoms with E-state index in [1.54, 1.807) is 0 Å². The third-order valence-electron chi connectivity index (χ3n) is 3.76. The van der Waals surface area contributed by atoms with Gasteiger partial charge in [0.15, 0.2) is 0 Å². The summed E-state index contributed by atoms with van der Waals surface area (Å²) in [6.45, 7) is 3.72. The molecule has 2 saturated carbocycles. The topological polar surface area (TPSA) is 20.2 Å². The maximum absolute atomic E-state index is 9.73. The van der Waals surface area contributed by atoms with Gasteiger partial charge in [-0.1, -0.05) is 12.5 Å². The van der Waals surface area contributed by atoms with E-state index in [-0.39, 0.29) is 6.10 Å². The highest BCUT2D eigenvalue weighted by atomic mass is 16.3. The van der Waals surface area contributed by atoms with Crippen LogP contribution in [-0.4, -0.2) is 11.2 Å². The molecule has 1 unspecified atom stereocenters. The van der Waals surface area contributed by atoms with Crippen LogP contribution in [0.5, 0.6) is 0 Å². The molecule has 0 bridgehead atoms. The van der Waals surface area contributed by atoms with Crippen molar-refractivity contribution in [2.45, 2.75) is 44.6 Å². The van der Waals surface area contributed by atoms with E-state index >= 15 is 0 Å². The summed E-state index contributed by atoms with van der Waals surface area (Å²) < 4.78 is 0. The minimum atomic E-state index is 0.0347. The lowest BCUT2D eigenvalue weighted by molar-refractivity contribution is 0.107. The number of aliphatic hydroxyl groups is 1. The summed E-state index contributed by atoms with van der Waals surface area (Å²) in [6, 6.07) is 0. The lowest BCUT2D eigenvalue weighted by Crippen LogP contribution is -2.17. The normalized spacial score (nSPS) is 41.6. The molecule has 0 saturated heterocycles. The van der Waals surface area contributed by atoms with Crippen molar-refractivity contribution in [2.75, 3.05) is 0 Å². The standard InChI is InChI=1S/C12H20O/c1-2-3-4-5-6-10-11-7-9(11)8-12(10)13/h2,9-13H,1,3-8H2/t9-,10+,11?,12-/m0/s1. The van der Waals surface area contributed by atoms with Gasteiger partial charge in [-0.3, -0.25) is 0 Å². The van der Waals surface area contributed by atoms with Crippen LogP contribution in [0.4, 0.5) is 0 Å². The Morgan fingerprint density at radius 2 is 2.15 bits per heavy atom. The van der Waals surface area contributed by atoms with E-state index in [2.05, 4.69) is 6.58 Å². The van der Waals surface area contributed by atoms with Gasteiger partial charge in [0.1, 0.15) is 0 Å². The molecule has 0 aromatic rings. The van der Waals surface area contributed by atoms with Crippen LogP contribution in [0.1, 0.15) is 38.5 Å². The monoisotopic (exact) mass is 180 g/mol. The van der Waals surface area contributed by atoms with Gasteiger partial charge in [0.2, 0.25) is 0 Å². The molecule has 2 aliphatic rings. The fourth-order valence-corrected chi connectivity index (χ4v) is 2.91. The first-order valence-corrected chi connectivity index (χ1v) is 5.62. The molecule has 0 heterocycles. The van der Waals surface area contributed by atoms with Crippen molar-refractivity contribution in [3.8, 4) is 0 Å². The summed E-state index contributed by atoms with van der Waals surface area (Å²) in [5.41, 5.74) is 0. The van der Waals surface area contributed by atoms with E-state index in [4.69, 9.17) is 0 Å². The molecular formula is C12H20O. The van der Waals surface area contributed by atoms with Crippen molar-refractivity contribution in [1.82, 2.24) is 0 Å². The molecule has 0 amide bonds. The van der Waals surface area contributed by atoms with Gasteiger partial charge in [-0.25, -0.2) is 0 Å². The zero-order valence-electron chi connectivity index (χ0n) is 8.28. The number of hydrogen-bond acceptors (Lipinski definition) is 1. The molecule has 0 aliphatic heterocycles. The lowest BCUT2D eigenvalue weighted by atomic mass is 9.94. The predicted molar refractivity (Wildman–Crippen MR) is 54.4 cm³/mol. The molecule has 2 rings (SSSR count). The molecule has 2 fully saturated rings. The first kappa shape index (κ1) is 9.26. The number of unbranched alkanes of at least 4 members (excludes halogenated alkanes) is 2. The largest absolute Gasteiger partial charge is 0.393 e. The van der Waals surface area contributed by atoms with Crippen LogP contribution >= 0.6 is 0 Å². The third-order valence-corrected chi connectivity index (χ3v) is 3.76. The Morgan fingerprint density at radius 3 is 2.77 bits per heavy atom. The molecule has 74 valence electrons. The van der Waals surface area contributed by atoms with E-state index in [0.717, 1.165) is 24.7 Å². The van der Waals surface area contributed by atoms with Crippen LogP contribution in [0.3, 0.4) is 0 Å². The highest BCUT2D eigenvalue weighted by molar-refractivity contribution is 5.01. The highest BCUT2D eigenvalue weighted by Gasteiger charge is 2.52. The second kappa shape index (κ2) is 3.83. The van der Waals surface area contributed by atoms with Gasteiger partial charge in [0.25, 0.3) is 0 Å². The lowest BCUT2D eigenvalue weighted by Gasteiger charge is -2.16. The summed E-state index contributed by atoms with van der Waals surface area (Å²) in [5.74, 6) is 2.45. The molecule has 4 atom stereocenters. The zero-order valence-corrected chi connectivity index (χ0v) is 8.28. The van der Waals surface area contributed by atoms with Crippen molar-refractivity contribution in [3.05, 3.63) is 12.7 Å². The van der Waals surface area contributed by atoms with Crippen molar-refractivity contribution in [1.29, 1.82) is 0 Å². The smallest absolute Gasteiger partial charge is 0.0573 e. The Labute approximate surface area is 80.8 Å². The average Bonchev–Trinajstić information content (AvgIpc) is 2.78. The van der Waals surface area contributed by atoms with E-state index in [1.165, 1.54) is 25.7 Å². The van der Waals surface area contributed by atoms with Crippen LogP contribution in [0.15, 0.2) is 12.7 Å². The van der Waals surface area contributed by atoms with Crippen molar-refractivity contribution in [3.63, 3.8) is 0 Å². The second-order valence-electron chi connectivity index (χ2n) is 4.70. The number of allylic oxidation sites excluding steroid dienone is 1. The molecule has 1 N–H and O–H groups in total. The van der Waals surface area contributed by atoms with E-state index in [9.17, 15) is 5.11 Å². The van der Waals surface area contributed by atoms with Crippen LogP contribution in [0, 0.1) is 17.8 Å².